The molecule has 1 saturated carbocycles. The van der Waals surface area contributed by atoms with Crippen LogP contribution in [0.15, 0.2) is 0 Å². The van der Waals surface area contributed by atoms with Gasteiger partial charge in [-0.05, 0) is 12.8 Å². The Hall–Kier alpha value is -1.19. The number of nitrogens with zero attached hydrogens (tertiary/aromatic N) is 1. The zero-order valence-corrected chi connectivity index (χ0v) is 8.16. The molecule has 1 heterocycles. The molecule has 1 aliphatic carbocycles. The minimum atomic E-state index is -0.241. The van der Waals surface area contributed by atoms with Crippen molar-refractivity contribution in [2.24, 2.45) is 11.8 Å². The van der Waals surface area contributed by atoms with E-state index in [9.17, 15) is 14.4 Å². The van der Waals surface area contributed by atoms with Crippen LogP contribution >= 0.6 is 0 Å². The molecule has 2 rings (SSSR count). The van der Waals surface area contributed by atoms with Gasteiger partial charge in [-0.2, -0.15) is 0 Å². The minimum Gasteiger partial charge on any atom is -0.297 e. The van der Waals surface area contributed by atoms with Gasteiger partial charge in [-0.15, -0.1) is 0 Å². The first-order chi connectivity index (χ1) is 6.59. The van der Waals surface area contributed by atoms with E-state index in [0.29, 0.717) is 0 Å². The van der Waals surface area contributed by atoms with Crippen LogP contribution in [-0.2, 0) is 14.4 Å². The number of imide groups is 1. The minimum absolute atomic E-state index is 0.00662. The molecule has 0 aromatic rings. The van der Waals surface area contributed by atoms with Gasteiger partial charge in [0.15, 0.2) is 5.78 Å². The van der Waals surface area contributed by atoms with Crippen LogP contribution in [0.1, 0.15) is 26.2 Å². The molecule has 4 nitrogen and oxygen atoms in total. The lowest BCUT2D eigenvalue weighted by Crippen LogP contribution is -2.35. The average Bonchev–Trinajstić information content (AvgIpc) is 2.91. The summed E-state index contributed by atoms with van der Waals surface area (Å²) in [5.41, 5.74) is 0. The number of ketones is 1. The van der Waals surface area contributed by atoms with Crippen LogP contribution in [0.25, 0.3) is 0 Å². The molecular weight excluding hydrogens is 182 g/mol. The molecule has 1 atom stereocenters. The third-order valence-corrected chi connectivity index (χ3v) is 2.82. The highest BCUT2D eigenvalue weighted by atomic mass is 16.2. The van der Waals surface area contributed by atoms with E-state index in [0.717, 1.165) is 17.7 Å². The van der Waals surface area contributed by atoms with E-state index in [1.807, 2.05) is 0 Å². The van der Waals surface area contributed by atoms with E-state index < -0.39 is 0 Å². The first-order valence-electron chi connectivity index (χ1n) is 4.96. The summed E-state index contributed by atoms with van der Waals surface area (Å²) in [5.74, 6) is -0.470. The lowest BCUT2D eigenvalue weighted by atomic mass is 10.1. The van der Waals surface area contributed by atoms with Gasteiger partial charge >= 0.3 is 0 Å². The second kappa shape index (κ2) is 3.19. The maximum Gasteiger partial charge on any atom is 0.232 e. The van der Waals surface area contributed by atoms with Crippen LogP contribution in [0.4, 0.5) is 0 Å². The Morgan fingerprint density at radius 3 is 2.50 bits per heavy atom. The third-order valence-electron chi connectivity index (χ3n) is 2.82. The Morgan fingerprint density at radius 1 is 1.43 bits per heavy atom. The average molecular weight is 195 g/mol. The van der Waals surface area contributed by atoms with E-state index in [1.54, 1.807) is 6.92 Å². The van der Waals surface area contributed by atoms with E-state index in [4.69, 9.17) is 0 Å². The Balaban J connectivity index is 1.99. The Labute approximate surface area is 82.3 Å². The number of hydrogen-bond donors (Lipinski definition) is 0. The summed E-state index contributed by atoms with van der Waals surface area (Å²) in [5, 5.41) is 0. The van der Waals surface area contributed by atoms with Crippen molar-refractivity contribution in [3.63, 3.8) is 0 Å². The molecule has 0 N–H and O–H groups in total. The molecule has 14 heavy (non-hydrogen) atoms. The van der Waals surface area contributed by atoms with E-state index >= 15 is 0 Å². The summed E-state index contributed by atoms with van der Waals surface area (Å²) in [7, 11) is 0. The van der Waals surface area contributed by atoms with E-state index in [2.05, 4.69) is 0 Å². The smallest absolute Gasteiger partial charge is 0.232 e. The fourth-order valence-corrected chi connectivity index (χ4v) is 1.70. The molecule has 1 saturated heterocycles. The number of rotatable bonds is 3. The van der Waals surface area contributed by atoms with Gasteiger partial charge in [0, 0.05) is 18.3 Å². The van der Waals surface area contributed by atoms with Gasteiger partial charge in [-0.25, -0.2) is 0 Å². The Morgan fingerprint density at radius 2 is 2.07 bits per heavy atom. The number of carbonyl (C=O) groups is 3. The second-order valence-electron chi connectivity index (χ2n) is 4.16. The summed E-state index contributed by atoms with van der Waals surface area (Å²) in [4.78, 5) is 35.3. The molecule has 4 heteroatoms. The zero-order chi connectivity index (χ0) is 10.3. The van der Waals surface area contributed by atoms with Gasteiger partial charge in [0.1, 0.15) is 0 Å². The first-order valence-corrected chi connectivity index (χ1v) is 4.96. The third kappa shape index (κ3) is 1.56. The molecule has 0 bridgehead atoms. The maximum atomic E-state index is 11.4. The van der Waals surface area contributed by atoms with Crippen LogP contribution in [0, 0.1) is 11.8 Å². The van der Waals surface area contributed by atoms with Crippen LogP contribution in [0.2, 0.25) is 0 Å². The van der Waals surface area contributed by atoms with Crippen molar-refractivity contribution in [3.8, 4) is 0 Å². The topological polar surface area (TPSA) is 54.5 Å². The summed E-state index contributed by atoms with van der Waals surface area (Å²) in [6.45, 7) is 1.73. The normalized spacial score (nSPS) is 27.2. The van der Waals surface area contributed by atoms with Crippen LogP contribution in [-0.4, -0.2) is 29.0 Å². The predicted octanol–water partition coefficient (Wildman–Crippen LogP) is 0.361. The second-order valence-corrected chi connectivity index (χ2v) is 4.16. The Bertz CT molecular complexity index is 306. The lowest BCUT2D eigenvalue weighted by molar-refractivity contribution is -0.142. The highest BCUT2D eigenvalue weighted by Gasteiger charge is 2.39. The fourth-order valence-electron chi connectivity index (χ4n) is 1.70. The number of carbonyl (C=O) groups excluding carboxylic acids is 3. The van der Waals surface area contributed by atoms with E-state index in [1.165, 1.54) is 0 Å². The van der Waals surface area contributed by atoms with Crippen molar-refractivity contribution >= 4 is 17.6 Å². The van der Waals surface area contributed by atoms with E-state index in [-0.39, 0.29) is 42.4 Å². The van der Waals surface area contributed by atoms with Crippen molar-refractivity contribution in [2.75, 3.05) is 6.54 Å². The van der Waals surface area contributed by atoms with Crippen molar-refractivity contribution in [1.82, 2.24) is 4.90 Å². The Kier molecular flexibility index (Phi) is 2.13. The zero-order valence-electron chi connectivity index (χ0n) is 8.16. The highest BCUT2D eigenvalue weighted by molar-refractivity contribution is 6.06. The van der Waals surface area contributed by atoms with Crippen molar-refractivity contribution in [1.29, 1.82) is 0 Å². The fraction of sp³-hybridized carbons (Fsp3) is 0.700. The molecule has 0 radical (unpaired) electrons. The summed E-state index contributed by atoms with van der Waals surface area (Å²) >= 11 is 0. The SMILES string of the molecule is CC1CC(=O)N(CC(=O)C2CC2)C1=O. The van der Waals surface area contributed by atoms with Crippen LogP contribution in [0.3, 0.4) is 0 Å². The van der Waals surface area contributed by atoms with Crippen molar-refractivity contribution in [2.45, 2.75) is 26.2 Å². The molecule has 2 fully saturated rings. The van der Waals surface area contributed by atoms with Gasteiger partial charge in [-0.3, -0.25) is 19.3 Å². The quantitative estimate of drug-likeness (QED) is 0.611. The number of Topliss-reactive ketones (excluding diaryl/α,β-unsaturated/α-hetero) is 1. The lowest BCUT2D eigenvalue weighted by Gasteiger charge is -2.12. The molecule has 0 aromatic heterocycles. The standard InChI is InChI=1S/C10H13NO3/c1-6-4-9(13)11(10(6)14)5-8(12)7-2-3-7/h6-7H,2-5H2,1H3. The monoisotopic (exact) mass is 195 g/mol. The number of hydrogen-bond acceptors (Lipinski definition) is 3. The summed E-state index contributed by atoms with van der Waals surface area (Å²) < 4.78 is 0. The maximum absolute atomic E-state index is 11.4. The molecule has 1 aliphatic heterocycles. The van der Waals surface area contributed by atoms with Crippen molar-refractivity contribution in [3.05, 3.63) is 0 Å². The molecule has 2 aliphatic rings. The largest absolute Gasteiger partial charge is 0.297 e. The van der Waals surface area contributed by atoms with Gasteiger partial charge in [0.05, 0.1) is 6.54 Å². The van der Waals surface area contributed by atoms with Gasteiger partial charge in [0.2, 0.25) is 11.8 Å². The first kappa shape index (κ1) is 9.37. The summed E-state index contributed by atoms with van der Waals surface area (Å²) in [6.07, 6.45) is 2.10. The molecule has 0 aromatic carbocycles. The molecule has 1 unspecified atom stereocenters. The highest BCUT2D eigenvalue weighted by Crippen LogP contribution is 2.30. The van der Waals surface area contributed by atoms with Crippen LogP contribution < -0.4 is 0 Å². The number of amides is 2. The van der Waals surface area contributed by atoms with Crippen LogP contribution in [0.5, 0.6) is 0 Å². The molecular formula is C10H13NO3. The van der Waals surface area contributed by atoms with Gasteiger partial charge in [-0.1, -0.05) is 6.92 Å². The molecule has 76 valence electrons. The molecule has 0 spiro atoms. The molecule has 2 amide bonds. The predicted molar refractivity (Wildman–Crippen MR) is 48.2 cm³/mol. The van der Waals surface area contributed by atoms with Crippen molar-refractivity contribution < 1.29 is 14.4 Å². The van der Waals surface area contributed by atoms with Gasteiger partial charge in [0.25, 0.3) is 0 Å². The summed E-state index contributed by atoms with van der Waals surface area (Å²) in [6, 6.07) is 0. The number of likely N-dealkylation sites (tertiary alicyclic amines) is 1. The van der Waals surface area contributed by atoms with Gasteiger partial charge < -0.3 is 0 Å².